The summed E-state index contributed by atoms with van der Waals surface area (Å²) in [5.74, 6) is 1.03. The lowest BCUT2D eigenvalue weighted by molar-refractivity contribution is 0.127. The van der Waals surface area contributed by atoms with Crippen LogP contribution in [0.2, 0.25) is 0 Å². The van der Waals surface area contributed by atoms with Crippen molar-refractivity contribution in [1.82, 2.24) is 9.97 Å². The Morgan fingerprint density at radius 2 is 2.11 bits per heavy atom. The van der Waals surface area contributed by atoms with Crippen LogP contribution in [0.15, 0.2) is 11.4 Å². The number of anilines is 2. The van der Waals surface area contributed by atoms with Crippen LogP contribution in [0.1, 0.15) is 26.7 Å². The molecule has 2 rings (SSSR count). The van der Waals surface area contributed by atoms with Gasteiger partial charge in [-0.25, -0.2) is 4.98 Å². The minimum atomic E-state index is -0.109. The first kappa shape index (κ1) is 14.0. The van der Waals surface area contributed by atoms with Crippen molar-refractivity contribution < 1.29 is 5.11 Å². The molecule has 0 aliphatic rings. The first-order valence-corrected chi connectivity index (χ1v) is 7.37. The Morgan fingerprint density at radius 1 is 1.37 bits per heavy atom. The van der Waals surface area contributed by atoms with E-state index in [0.717, 1.165) is 28.9 Å². The van der Waals surface area contributed by atoms with Gasteiger partial charge in [0.15, 0.2) is 0 Å². The molecular weight excluding hydrogens is 260 g/mol. The van der Waals surface area contributed by atoms with E-state index in [0.29, 0.717) is 6.54 Å². The van der Waals surface area contributed by atoms with Crippen LogP contribution in [0, 0.1) is 5.41 Å². The van der Waals surface area contributed by atoms with Crippen molar-refractivity contribution in [2.75, 3.05) is 24.2 Å². The third-order valence-electron chi connectivity index (χ3n) is 3.81. The van der Waals surface area contributed by atoms with E-state index in [2.05, 4.69) is 29.1 Å². The van der Waals surface area contributed by atoms with Crippen LogP contribution in [0.3, 0.4) is 0 Å². The lowest BCUT2D eigenvalue weighted by Crippen LogP contribution is -2.32. The number of nitrogens with zero attached hydrogens (tertiary/aromatic N) is 2. The van der Waals surface area contributed by atoms with Gasteiger partial charge in [-0.2, -0.15) is 4.98 Å². The second kappa shape index (κ2) is 5.71. The molecule has 0 amide bonds. The lowest BCUT2D eigenvalue weighted by atomic mass is 9.83. The number of nitrogen functional groups attached to an aromatic ring is 1. The Balaban J connectivity index is 2.24. The van der Waals surface area contributed by atoms with Gasteiger partial charge in [-0.15, -0.1) is 11.3 Å². The molecule has 2 aromatic rings. The molecular formula is C13H20N4OS. The average molecular weight is 280 g/mol. The summed E-state index contributed by atoms with van der Waals surface area (Å²) in [6.07, 6.45) is 1.83. The molecule has 2 aromatic heterocycles. The van der Waals surface area contributed by atoms with E-state index < -0.39 is 0 Å². The third kappa shape index (κ3) is 2.79. The van der Waals surface area contributed by atoms with Gasteiger partial charge in [-0.1, -0.05) is 13.8 Å². The van der Waals surface area contributed by atoms with Crippen LogP contribution in [0.5, 0.6) is 0 Å². The van der Waals surface area contributed by atoms with Crippen molar-refractivity contribution in [3.63, 3.8) is 0 Å². The predicted octanol–water partition coefficient (Wildman–Crippen LogP) is 2.48. The molecule has 0 atom stereocenters. The fraction of sp³-hybridized carbons (Fsp3) is 0.538. The minimum absolute atomic E-state index is 0.109. The molecule has 0 unspecified atom stereocenters. The quantitative estimate of drug-likeness (QED) is 0.757. The molecule has 0 saturated carbocycles. The second-order valence-corrected chi connectivity index (χ2v) is 5.68. The fourth-order valence-electron chi connectivity index (χ4n) is 2.06. The topological polar surface area (TPSA) is 84.1 Å². The van der Waals surface area contributed by atoms with E-state index in [1.807, 2.05) is 11.4 Å². The van der Waals surface area contributed by atoms with Gasteiger partial charge in [0.2, 0.25) is 5.95 Å². The second-order valence-electron chi connectivity index (χ2n) is 4.79. The minimum Gasteiger partial charge on any atom is -0.396 e. The Hall–Kier alpha value is -1.40. The van der Waals surface area contributed by atoms with Crippen LogP contribution in [0.4, 0.5) is 11.8 Å². The van der Waals surface area contributed by atoms with Crippen molar-refractivity contribution in [2.24, 2.45) is 5.41 Å². The molecule has 4 N–H and O–H groups in total. The Labute approximate surface area is 116 Å². The zero-order valence-corrected chi connectivity index (χ0v) is 12.1. The number of hydrogen-bond donors (Lipinski definition) is 3. The number of hydrogen-bond acceptors (Lipinski definition) is 6. The molecule has 0 radical (unpaired) electrons. The maximum absolute atomic E-state index is 9.59. The number of nitrogens with one attached hydrogen (secondary N) is 1. The standard InChI is InChI=1S/C13H20N4OS/c1-3-13(4-2,8-18)7-15-10-9-5-6-19-11(9)17-12(14)16-10/h5-6,18H,3-4,7-8H2,1-2H3,(H3,14,15,16,17). The highest BCUT2D eigenvalue weighted by Crippen LogP contribution is 2.29. The number of fused-ring (bicyclic) bond motifs is 1. The highest BCUT2D eigenvalue weighted by molar-refractivity contribution is 7.16. The van der Waals surface area contributed by atoms with Crippen LogP contribution in [-0.2, 0) is 0 Å². The van der Waals surface area contributed by atoms with E-state index in [-0.39, 0.29) is 18.0 Å². The summed E-state index contributed by atoms with van der Waals surface area (Å²) >= 11 is 1.55. The Morgan fingerprint density at radius 3 is 2.74 bits per heavy atom. The maximum atomic E-state index is 9.59. The number of thiophene rings is 1. The summed E-state index contributed by atoms with van der Waals surface area (Å²) in [5.41, 5.74) is 5.61. The van der Waals surface area contributed by atoms with Gasteiger partial charge in [-0.05, 0) is 24.3 Å². The third-order valence-corrected chi connectivity index (χ3v) is 4.62. The number of aromatic nitrogens is 2. The van der Waals surface area contributed by atoms with Gasteiger partial charge >= 0.3 is 0 Å². The van der Waals surface area contributed by atoms with Gasteiger partial charge in [0.25, 0.3) is 0 Å². The van der Waals surface area contributed by atoms with Gasteiger partial charge in [0, 0.05) is 12.0 Å². The summed E-state index contributed by atoms with van der Waals surface area (Å²) in [4.78, 5) is 9.34. The van der Waals surface area contributed by atoms with Crippen molar-refractivity contribution in [2.45, 2.75) is 26.7 Å². The van der Waals surface area contributed by atoms with E-state index in [1.165, 1.54) is 0 Å². The van der Waals surface area contributed by atoms with E-state index in [9.17, 15) is 5.11 Å². The first-order valence-electron chi connectivity index (χ1n) is 6.49. The molecule has 0 aromatic carbocycles. The molecule has 2 heterocycles. The molecule has 19 heavy (non-hydrogen) atoms. The van der Waals surface area contributed by atoms with E-state index in [1.54, 1.807) is 11.3 Å². The summed E-state index contributed by atoms with van der Waals surface area (Å²) in [7, 11) is 0. The van der Waals surface area contributed by atoms with Crippen molar-refractivity contribution >= 4 is 33.3 Å². The Bertz CT molecular complexity index is 542. The van der Waals surface area contributed by atoms with Gasteiger partial charge in [0.1, 0.15) is 10.6 Å². The van der Waals surface area contributed by atoms with Gasteiger partial charge < -0.3 is 16.2 Å². The number of nitrogens with two attached hydrogens (primary N) is 1. The van der Waals surface area contributed by atoms with Gasteiger partial charge in [0.05, 0.1) is 12.0 Å². The smallest absolute Gasteiger partial charge is 0.223 e. The normalized spacial score (nSPS) is 11.9. The molecule has 0 fully saturated rings. The largest absolute Gasteiger partial charge is 0.396 e. The van der Waals surface area contributed by atoms with Crippen molar-refractivity contribution in [3.8, 4) is 0 Å². The van der Waals surface area contributed by atoms with Crippen molar-refractivity contribution in [1.29, 1.82) is 0 Å². The fourth-order valence-corrected chi connectivity index (χ4v) is 2.83. The summed E-state index contributed by atoms with van der Waals surface area (Å²) in [5, 5.41) is 15.9. The summed E-state index contributed by atoms with van der Waals surface area (Å²) in [6.45, 7) is 5.03. The van der Waals surface area contributed by atoms with Crippen molar-refractivity contribution in [3.05, 3.63) is 11.4 Å². The zero-order valence-electron chi connectivity index (χ0n) is 11.3. The predicted molar refractivity (Wildman–Crippen MR) is 80.4 cm³/mol. The molecule has 0 spiro atoms. The molecule has 104 valence electrons. The lowest BCUT2D eigenvalue weighted by Gasteiger charge is -2.29. The summed E-state index contributed by atoms with van der Waals surface area (Å²) in [6, 6.07) is 1.99. The average Bonchev–Trinajstić information content (AvgIpc) is 2.88. The number of rotatable bonds is 6. The molecule has 0 aliphatic carbocycles. The summed E-state index contributed by atoms with van der Waals surface area (Å²) < 4.78 is 0. The number of aliphatic hydroxyl groups excluding tert-OH is 1. The molecule has 0 saturated heterocycles. The van der Waals surface area contributed by atoms with E-state index >= 15 is 0 Å². The monoisotopic (exact) mass is 280 g/mol. The number of aliphatic hydroxyl groups is 1. The first-order chi connectivity index (χ1) is 9.14. The van der Waals surface area contributed by atoms with Gasteiger partial charge in [-0.3, -0.25) is 0 Å². The highest BCUT2D eigenvalue weighted by Gasteiger charge is 2.25. The van der Waals surface area contributed by atoms with Crippen LogP contribution in [0.25, 0.3) is 10.2 Å². The molecule has 0 aliphatic heterocycles. The van der Waals surface area contributed by atoms with E-state index in [4.69, 9.17) is 5.73 Å². The van der Waals surface area contributed by atoms with Crippen LogP contribution in [-0.4, -0.2) is 28.2 Å². The zero-order chi connectivity index (χ0) is 13.9. The SMILES string of the molecule is CCC(CC)(CO)CNc1nc(N)nc2sccc12. The molecule has 5 nitrogen and oxygen atoms in total. The van der Waals surface area contributed by atoms with Crippen LogP contribution < -0.4 is 11.1 Å². The Kier molecular flexibility index (Phi) is 4.21. The van der Waals surface area contributed by atoms with Crippen LogP contribution >= 0.6 is 11.3 Å². The maximum Gasteiger partial charge on any atom is 0.223 e. The highest BCUT2D eigenvalue weighted by atomic mass is 32.1. The molecule has 6 heteroatoms. The molecule has 0 bridgehead atoms.